The first kappa shape index (κ1) is 24.4. The number of nitrogens with one attached hydrogen (secondary N) is 1. The molecule has 1 aromatic heterocycles. The van der Waals surface area contributed by atoms with E-state index >= 15 is 0 Å². The van der Waals surface area contributed by atoms with Crippen LogP contribution >= 0.6 is 0 Å². The zero-order valence-electron chi connectivity index (χ0n) is 20.7. The lowest BCUT2D eigenvalue weighted by Gasteiger charge is -2.28. The molecule has 0 amide bonds. The molecule has 1 fully saturated rings. The van der Waals surface area contributed by atoms with Gasteiger partial charge in [0.05, 0.1) is 11.8 Å². The highest BCUT2D eigenvalue weighted by Gasteiger charge is 2.14. The first-order valence-corrected chi connectivity index (χ1v) is 12.7. The second-order valence-electron chi connectivity index (χ2n) is 9.50. The minimum Gasteiger partial charge on any atom is -0.372 e. The molecule has 1 aliphatic rings. The Morgan fingerprint density at radius 3 is 1.68 bits per heavy atom. The van der Waals surface area contributed by atoms with Crippen molar-refractivity contribution in [3.05, 3.63) is 119 Å². The maximum atomic E-state index is 12.9. The summed E-state index contributed by atoms with van der Waals surface area (Å²) in [6.45, 7) is 2.16. The van der Waals surface area contributed by atoms with E-state index in [1.807, 2.05) is 36.4 Å². The Morgan fingerprint density at radius 2 is 1.16 bits per heavy atom. The molecule has 0 radical (unpaired) electrons. The second-order valence-corrected chi connectivity index (χ2v) is 9.50. The number of carbonyl (C=O) groups excluding carboxylic acids is 3. The molecule has 1 N–H and O–H groups in total. The van der Waals surface area contributed by atoms with Gasteiger partial charge in [0.2, 0.25) is 0 Å². The summed E-state index contributed by atoms with van der Waals surface area (Å²) in [6.07, 6.45) is 7.34. The number of piperidine rings is 1. The first-order chi connectivity index (χ1) is 18.1. The van der Waals surface area contributed by atoms with Crippen LogP contribution in [-0.4, -0.2) is 40.6 Å². The number of Topliss-reactive ketones (excluding diaryl/α,β-unsaturated/α-hetero) is 2. The lowest BCUT2D eigenvalue weighted by atomic mass is 9.97. The monoisotopic (exact) mass is 491 g/mol. The van der Waals surface area contributed by atoms with E-state index in [0.717, 1.165) is 24.2 Å². The van der Waals surface area contributed by atoms with Crippen LogP contribution in [0.1, 0.15) is 67.0 Å². The Hall–Kier alpha value is -4.32. The van der Waals surface area contributed by atoms with Crippen LogP contribution < -0.4 is 4.90 Å². The fourth-order valence-electron chi connectivity index (χ4n) is 4.70. The predicted octanol–water partition coefficient (Wildman–Crippen LogP) is 5.48. The number of benzene rings is 3. The third kappa shape index (κ3) is 5.92. The van der Waals surface area contributed by atoms with Gasteiger partial charge in [-0.1, -0.05) is 48.5 Å². The van der Waals surface area contributed by atoms with Gasteiger partial charge in [-0.2, -0.15) is 5.10 Å². The summed E-state index contributed by atoms with van der Waals surface area (Å²) in [4.78, 5) is 40.4. The standard InChI is InChI=1S/C31H29N3O3/c35-29(24-12-14-28(15-13-24)34-16-2-1-3-17-34)18-22-4-8-25(9-5-22)31(37)26-10-6-23(7-11-26)19-30(36)27-20-32-33-21-27/h4-15,20-21H,1-3,16-19H2,(H,32,33). The Kier molecular flexibility index (Phi) is 7.36. The van der Waals surface area contributed by atoms with Crippen molar-refractivity contribution in [2.45, 2.75) is 32.1 Å². The first-order valence-electron chi connectivity index (χ1n) is 12.7. The van der Waals surface area contributed by atoms with Gasteiger partial charge in [0.1, 0.15) is 0 Å². The van der Waals surface area contributed by atoms with E-state index in [1.165, 1.54) is 31.1 Å². The quantitative estimate of drug-likeness (QED) is 0.314. The topological polar surface area (TPSA) is 83.1 Å². The molecule has 5 rings (SSSR count). The van der Waals surface area contributed by atoms with Gasteiger partial charge in [-0.25, -0.2) is 0 Å². The van der Waals surface area contributed by atoms with Crippen molar-refractivity contribution in [3.63, 3.8) is 0 Å². The summed E-state index contributed by atoms with van der Waals surface area (Å²) in [7, 11) is 0. The van der Waals surface area contributed by atoms with Crippen LogP contribution in [0.25, 0.3) is 0 Å². The van der Waals surface area contributed by atoms with Crippen LogP contribution in [0.15, 0.2) is 85.2 Å². The van der Waals surface area contributed by atoms with E-state index in [1.54, 1.807) is 42.6 Å². The maximum Gasteiger partial charge on any atom is 0.193 e. The van der Waals surface area contributed by atoms with E-state index in [2.05, 4.69) is 15.1 Å². The van der Waals surface area contributed by atoms with Crippen LogP contribution in [0, 0.1) is 0 Å². The number of ketones is 3. The van der Waals surface area contributed by atoms with Crippen molar-refractivity contribution < 1.29 is 14.4 Å². The highest BCUT2D eigenvalue weighted by atomic mass is 16.1. The van der Waals surface area contributed by atoms with Crippen molar-refractivity contribution in [2.75, 3.05) is 18.0 Å². The van der Waals surface area contributed by atoms with Gasteiger partial charge in [-0.15, -0.1) is 0 Å². The molecule has 6 nitrogen and oxygen atoms in total. The van der Waals surface area contributed by atoms with E-state index in [0.29, 0.717) is 22.3 Å². The van der Waals surface area contributed by atoms with Gasteiger partial charge in [-0.3, -0.25) is 19.5 Å². The molecule has 0 aliphatic carbocycles. The molecular weight excluding hydrogens is 462 g/mol. The summed E-state index contributed by atoms with van der Waals surface area (Å²) in [5, 5.41) is 6.44. The van der Waals surface area contributed by atoms with Gasteiger partial charge >= 0.3 is 0 Å². The highest BCUT2D eigenvalue weighted by Crippen LogP contribution is 2.21. The normalized spacial score (nSPS) is 13.4. The van der Waals surface area contributed by atoms with Gasteiger partial charge in [0, 0.05) is 54.5 Å². The zero-order chi connectivity index (χ0) is 25.6. The predicted molar refractivity (Wildman–Crippen MR) is 143 cm³/mol. The Labute approximate surface area is 216 Å². The van der Waals surface area contributed by atoms with Gasteiger partial charge < -0.3 is 4.90 Å². The average Bonchev–Trinajstić information content (AvgIpc) is 3.50. The minimum atomic E-state index is -0.0983. The fraction of sp³-hybridized carbons (Fsp3) is 0.226. The molecule has 2 heterocycles. The molecular formula is C31H29N3O3. The Bertz CT molecular complexity index is 1370. The van der Waals surface area contributed by atoms with Crippen LogP contribution in [0.2, 0.25) is 0 Å². The summed E-state index contributed by atoms with van der Waals surface area (Å²) >= 11 is 0. The molecule has 0 unspecified atom stereocenters. The molecule has 0 spiro atoms. The molecule has 4 aromatic rings. The van der Waals surface area contributed by atoms with Crippen LogP contribution in [-0.2, 0) is 12.8 Å². The van der Waals surface area contributed by atoms with Gasteiger partial charge in [0.15, 0.2) is 17.3 Å². The number of aromatic nitrogens is 2. The minimum absolute atomic E-state index is 0.0316. The number of hydrogen-bond acceptors (Lipinski definition) is 5. The van der Waals surface area contributed by atoms with Crippen LogP contribution in [0.5, 0.6) is 0 Å². The maximum absolute atomic E-state index is 12.9. The lowest BCUT2D eigenvalue weighted by molar-refractivity contribution is 0.0985. The fourth-order valence-corrected chi connectivity index (χ4v) is 4.70. The number of rotatable bonds is 9. The van der Waals surface area contributed by atoms with E-state index in [9.17, 15) is 14.4 Å². The molecule has 6 heteroatoms. The molecule has 1 saturated heterocycles. The molecule has 3 aromatic carbocycles. The summed E-state index contributed by atoms with van der Waals surface area (Å²) in [6, 6.07) is 22.2. The van der Waals surface area contributed by atoms with Crippen molar-refractivity contribution in [2.24, 2.45) is 0 Å². The third-order valence-corrected chi connectivity index (χ3v) is 6.89. The molecule has 0 bridgehead atoms. The molecule has 0 atom stereocenters. The highest BCUT2D eigenvalue weighted by molar-refractivity contribution is 6.09. The van der Waals surface area contributed by atoms with E-state index in [4.69, 9.17) is 0 Å². The zero-order valence-corrected chi connectivity index (χ0v) is 20.7. The summed E-state index contributed by atoms with van der Waals surface area (Å²) in [5.41, 5.74) is 5.23. The molecule has 1 aliphatic heterocycles. The Balaban J connectivity index is 1.18. The Morgan fingerprint density at radius 1 is 0.649 bits per heavy atom. The largest absolute Gasteiger partial charge is 0.372 e. The van der Waals surface area contributed by atoms with Crippen LogP contribution in [0.4, 0.5) is 5.69 Å². The van der Waals surface area contributed by atoms with E-state index in [-0.39, 0.29) is 30.2 Å². The van der Waals surface area contributed by atoms with Crippen molar-refractivity contribution in [3.8, 4) is 0 Å². The SMILES string of the molecule is O=C(Cc1ccc(C(=O)c2ccc(CC(=O)c3cn[nH]c3)cc2)cc1)c1ccc(N2CCCCC2)cc1. The van der Waals surface area contributed by atoms with Crippen molar-refractivity contribution in [1.29, 1.82) is 0 Å². The van der Waals surface area contributed by atoms with Crippen molar-refractivity contribution >= 4 is 23.0 Å². The number of carbonyl (C=O) groups is 3. The average molecular weight is 492 g/mol. The number of H-pyrrole nitrogens is 1. The van der Waals surface area contributed by atoms with Crippen molar-refractivity contribution in [1.82, 2.24) is 10.2 Å². The summed E-state index contributed by atoms with van der Waals surface area (Å²) < 4.78 is 0. The number of anilines is 1. The number of nitrogens with zero attached hydrogens (tertiary/aromatic N) is 2. The van der Waals surface area contributed by atoms with E-state index < -0.39 is 0 Å². The number of aromatic amines is 1. The van der Waals surface area contributed by atoms with Crippen LogP contribution in [0.3, 0.4) is 0 Å². The molecule has 186 valence electrons. The molecule has 0 saturated carbocycles. The number of hydrogen-bond donors (Lipinski definition) is 1. The van der Waals surface area contributed by atoms with Gasteiger partial charge in [-0.05, 0) is 54.7 Å². The van der Waals surface area contributed by atoms with Gasteiger partial charge in [0.25, 0.3) is 0 Å². The lowest BCUT2D eigenvalue weighted by Crippen LogP contribution is -2.29. The molecule has 37 heavy (non-hydrogen) atoms. The summed E-state index contributed by atoms with van der Waals surface area (Å²) in [5.74, 6) is -0.0698. The smallest absolute Gasteiger partial charge is 0.193 e. The third-order valence-electron chi connectivity index (χ3n) is 6.89. The second kappa shape index (κ2) is 11.2.